The van der Waals surface area contributed by atoms with Crippen LogP contribution in [0, 0.1) is 0 Å². The number of allylic oxidation sites excluding steroid dienone is 2. The molecular weight excluding hydrogens is 958 g/mol. The van der Waals surface area contributed by atoms with Gasteiger partial charge in [0.15, 0.2) is 0 Å². The Hall–Kier alpha value is -3.70. The van der Waals surface area contributed by atoms with E-state index < -0.39 is 63.4 Å². The quantitative estimate of drug-likeness (QED) is 0.0976. The van der Waals surface area contributed by atoms with Crippen molar-refractivity contribution in [2.24, 2.45) is 0 Å². The average molecular weight is 1010 g/mol. The fourth-order valence-electron chi connectivity index (χ4n) is 10.4. The van der Waals surface area contributed by atoms with Gasteiger partial charge in [-0.3, -0.25) is 0 Å². The minimum atomic E-state index is -6.14. The Bertz CT molecular complexity index is 2590. The Balaban J connectivity index is 1.50. The molecule has 0 amide bonds. The number of halogens is 8. The van der Waals surface area contributed by atoms with Crippen molar-refractivity contribution >= 4 is 61.7 Å². The van der Waals surface area contributed by atoms with Gasteiger partial charge in [0.1, 0.15) is 0 Å². The number of alkyl halides is 6. The maximum atomic E-state index is 14.8. The van der Waals surface area contributed by atoms with Crippen LogP contribution >= 0.6 is 17.0 Å². The molecule has 8 rings (SSSR count). The fraction of sp³-hybridized carbons (Fsp3) is 0.200. The van der Waals surface area contributed by atoms with E-state index in [0.29, 0.717) is 27.2 Å². The molecule has 0 aliphatic heterocycles. The van der Waals surface area contributed by atoms with Crippen LogP contribution in [0.3, 0.4) is 0 Å². The zero-order valence-electron chi connectivity index (χ0n) is 35.8. The monoisotopic (exact) mass is 1000 g/mol. The van der Waals surface area contributed by atoms with Gasteiger partial charge in [0, 0.05) is 0 Å². The summed E-state index contributed by atoms with van der Waals surface area (Å²) < 4.78 is 90.1. The van der Waals surface area contributed by atoms with E-state index in [1.54, 1.807) is 36.4 Å². The van der Waals surface area contributed by atoms with Crippen LogP contribution in [-0.2, 0) is 28.5 Å². The Morgan fingerprint density at radius 3 is 1.14 bits per heavy atom. The molecule has 0 N–H and O–H groups in total. The second kappa shape index (κ2) is 16.3. The third-order valence-electron chi connectivity index (χ3n) is 12.6. The van der Waals surface area contributed by atoms with Gasteiger partial charge in [-0.25, -0.2) is 0 Å². The fourth-order valence-corrected chi connectivity index (χ4v) is 51.6. The van der Waals surface area contributed by atoms with Gasteiger partial charge in [-0.1, -0.05) is 0 Å². The first kappa shape index (κ1) is 45.9. The predicted octanol–water partition coefficient (Wildman–Crippen LogP) is 16.2. The molecule has 1 nitrogen and oxygen atoms in total. The van der Waals surface area contributed by atoms with E-state index >= 15 is 0 Å². The zero-order chi connectivity index (χ0) is 45.4. The minimum absolute atomic E-state index is 0.0556. The first-order chi connectivity index (χ1) is 29.5. The first-order valence-electron chi connectivity index (χ1n) is 21.0. The molecule has 0 aromatic heterocycles. The molecule has 2 aliphatic carbocycles. The molecule has 2 aliphatic rings. The molecule has 2 unspecified atom stereocenters. The topological polar surface area (TPSA) is 3.24 Å². The van der Waals surface area contributed by atoms with E-state index in [0.717, 1.165) is 45.5 Å². The molecule has 0 fully saturated rings. The van der Waals surface area contributed by atoms with Crippen LogP contribution in [0.2, 0.25) is 39.3 Å². The third-order valence-corrected chi connectivity index (χ3v) is 39.5. The molecule has 0 radical (unpaired) electrons. The molecule has 0 saturated heterocycles. The molecule has 63 heavy (non-hydrogen) atoms. The van der Waals surface area contributed by atoms with E-state index in [4.69, 9.17) is 17.0 Å². The van der Waals surface area contributed by atoms with Gasteiger partial charge in [-0.2, -0.15) is 0 Å². The summed E-state index contributed by atoms with van der Waals surface area (Å²) in [5.74, 6) is 0. The number of hydrogen-bond donors (Lipinski definition) is 0. The SMILES string of the molecule is C[Si](C)(C)N([BH][Zr]([Cl])([Cl])([CH]1C(c2ccccc2)=Cc2c(-c3ccccc3C(F)(F)F)cccc21)[CH]1C(c2ccccc2)=Cc2c(-c3ccccc3C(F)(F)F)cccc21)[Si](C)(C)C. The Morgan fingerprint density at radius 2 is 0.794 bits per heavy atom. The molecule has 6 aromatic carbocycles. The van der Waals surface area contributed by atoms with Crippen molar-refractivity contribution in [1.29, 1.82) is 0 Å². The Labute approximate surface area is 376 Å². The summed E-state index contributed by atoms with van der Waals surface area (Å²) >= 11 is -6.14. The van der Waals surface area contributed by atoms with E-state index in [9.17, 15) is 26.3 Å². The van der Waals surface area contributed by atoms with Crippen molar-refractivity contribution in [3.8, 4) is 22.3 Å². The molecule has 0 saturated carbocycles. The van der Waals surface area contributed by atoms with Gasteiger partial charge >= 0.3 is 380 Å². The summed E-state index contributed by atoms with van der Waals surface area (Å²) in [4.78, 5) is 0.352. The summed E-state index contributed by atoms with van der Waals surface area (Å²) in [5.41, 5.74) is 5.57. The Morgan fingerprint density at radius 1 is 0.460 bits per heavy atom. The van der Waals surface area contributed by atoms with Crippen molar-refractivity contribution in [1.82, 2.24) is 4.14 Å². The molecular formula is C50H47BCl2F6NSi2Zr. The number of rotatable bonds is 10. The normalized spacial score (nSPS) is 17.4. The molecule has 0 heterocycles. The Kier molecular flexibility index (Phi) is 11.9. The molecule has 6 aromatic rings. The maximum absolute atomic E-state index is 14.8. The summed E-state index contributed by atoms with van der Waals surface area (Å²) in [6, 6.07) is 41.8. The summed E-state index contributed by atoms with van der Waals surface area (Å²) in [5, 5.41) is 0. The number of hydrogen-bond acceptors (Lipinski definition) is 1. The third kappa shape index (κ3) is 8.40. The summed E-state index contributed by atoms with van der Waals surface area (Å²) in [6.45, 7) is 13.8. The number of fused-ring (bicyclic) bond motifs is 2. The number of nitrogens with zero attached hydrogens (tertiary/aromatic N) is 1. The summed E-state index contributed by atoms with van der Waals surface area (Å²) in [7, 11) is 13.7. The van der Waals surface area contributed by atoms with Gasteiger partial charge in [0.25, 0.3) is 0 Å². The second-order valence-corrected chi connectivity index (χ2v) is 50.9. The van der Waals surface area contributed by atoms with Gasteiger partial charge in [0.2, 0.25) is 0 Å². The molecule has 323 valence electrons. The van der Waals surface area contributed by atoms with Crippen LogP contribution in [0.1, 0.15) is 51.8 Å². The van der Waals surface area contributed by atoms with Crippen LogP contribution in [0.4, 0.5) is 26.3 Å². The number of benzene rings is 6. The van der Waals surface area contributed by atoms with Crippen molar-refractivity contribution in [2.75, 3.05) is 0 Å². The van der Waals surface area contributed by atoms with E-state index in [1.807, 2.05) is 84.9 Å². The van der Waals surface area contributed by atoms with Crippen LogP contribution in [0.25, 0.3) is 45.6 Å². The zero-order valence-corrected chi connectivity index (χ0v) is 41.8. The second-order valence-electron chi connectivity index (χ2n) is 18.8. The molecule has 0 spiro atoms. The van der Waals surface area contributed by atoms with Gasteiger partial charge in [-0.05, 0) is 0 Å². The van der Waals surface area contributed by atoms with E-state index in [2.05, 4.69) is 43.4 Å². The average Bonchev–Trinajstić information content (AvgIpc) is 3.84. The van der Waals surface area contributed by atoms with Crippen LogP contribution in [0.15, 0.2) is 146 Å². The van der Waals surface area contributed by atoms with Crippen molar-refractivity contribution < 1.29 is 42.5 Å². The molecule has 2 atom stereocenters. The van der Waals surface area contributed by atoms with Gasteiger partial charge < -0.3 is 0 Å². The van der Waals surface area contributed by atoms with Crippen LogP contribution in [0.5, 0.6) is 0 Å². The van der Waals surface area contributed by atoms with Crippen molar-refractivity contribution in [2.45, 2.75) is 58.9 Å². The van der Waals surface area contributed by atoms with Gasteiger partial charge in [-0.15, -0.1) is 0 Å². The van der Waals surface area contributed by atoms with Gasteiger partial charge in [0.05, 0.1) is 0 Å². The van der Waals surface area contributed by atoms with Crippen molar-refractivity contribution in [3.63, 3.8) is 0 Å². The first-order valence-corrected chi connectivity index (χ1v) is 38.8. The van der Waals surface area contributed by atoms with E-state index in [1.165, 1.54) is 24.3 Å². The van der Waals surface area contributed by atoms with Crippen LogP contribution < -0.4 is 0 Å². The predicted molar refractivity (Wildman–Crippen MR) is 255 cm³/mol. The summed E-state index contributed by atoms with van der Waals surface area (Å²) in [6.07, 6.45) is -5.23. The standard InChI is InChI=1S/2C22H14F3.C6H19BNSi2.2ClH.Zr/c2*23-22(24,25)21-12-5-4-10-19(21)18-11-6-9-16-13-17(14-20(16)18)15-7-2-1-3-8-15;1-9(2,3)8(7)10(4,5)6;;;/h2*1-14H;7H,1-6H3;2*1H;/q;;+1;;;+1/p-2. The van der Waals surface area contributed by atoms with Crippen LogP contribution in [-0.4, -0.2) is 25.6 Å². The molecule has 13 heteroatoms. The molecule has 0 bridgehead atoms. The van der Waals surface area contributed by atoms with Crippen molar-refractivity contribution in [3.05, 3.63) is 190 Å². The van der Waals surface area contributed by atoms with E-state index in [-0.39, 0.29) is 11.1 Å².